The van der Waals surface area contributed by atoms with E-state index in [1.54, 1.807) is 36.7 Å². The van der Waals surface area contributed by atoms with Crippen LogP contribution in [-0.2, 0) is 0 Å². The number of hydrogen-bond donors (Lipinski definition) is 0. The Balaban J connectivity index is 2.37. The number of Topliss-reactive ketones (excluding diaryl/α,β-unsaturated/α-hetero) is 1. The molecular formula is C15H11BrN2O. The number of rotatable bonds is 3. The van der Waals surface area contributed by atoms with E-state index in [1.165, 1.54) is 0 Å². The maximum atomic E-state index is 12.4. The second-order valence-electron chi connectivity index (χ2n) is 4.18. The van der Waals surface area contributed by atoms with Crippen LogP contribution in [-0.4, -0.2) is 10.8 Å². The maximum Gasteiger partial charge on any atom is 0.184 e. The summed E-state index contributed by atoms with van der Waals surface area (Å²) in [5.74, 6) is -1.03. The zero-order valence-corrected chi connectivity index (χ0v) is 11.9. The summed E-state index contributed by atoms with van der Waals surface area (Å²) in [6.45, 7) is 1.95. The molecule has 0 amide bonds. The quantitative estimate of drug-likeness (QED) is 0.813. The Kier molecular flexibility index (Phi) is 4.08. The molecule has 0 saturated carbocycles. The lowest BCUT2D eigenvalue weighted by Crippen LogP contribution is -2.11. The third-order valence-electron chi connectivity index (χ3n) is 2.87. The van der Waals surface area contributed by atoms with Crippen LogP contribution in [0.4, 0.5) is 0 Å². The number of benzene rings is 1. The molecule has 0 fully saturated rings. The summed E-state index contributed by atoms with van der Waals surface area (Å²) in [6.07, 6.45) is 3.17. The first-order chi connectivity index (χ1) is 9.13. The monoisotopic (exact) mass is 314 g/mol. The van der Waals surface area contributed by atoms with Gasteiger partial charge in [0, 0.05) is 22.4 Å². The van der Waals surface area contributed by atoms with Crippen LogP contribution in [0.1, 0.15) is 27.4 Å². The van der Waals surface area contributed by atoms with Crippen LogP contribution in [0.2, 0.25) is 0 Å². The zero-order valence-electron chi connectivity index (χ0n) is 10.3. The van der Waals surface area contributed by atoms with Gasteiger partial charge in [0.1, 0.15) is 5.92 Å². The van der Waals surface area contributed by atoms with Crippen molar-refractivity contribution in [3.05, 3.63) is 63.9 Å². The summed E-state index contributed by atoms with van der Waals surface area (Å²) in [4.78, 5) is 16.3. The van der Waals surface area contributed by atoms with E-state index in [9.17, 15) is 10.1 Å². The summed E-state index contributed by atoms with van der Waals surface area (Å²) in [7, 11) is 0. The Labute approximate surface area is 120 Å². The van der Waals surface area contributed by atoms with Gasteiger partial charge in [-0.15, -0.1) is 0 Å². The molecule has 0 spiro atoms. The molecule has 1 aromatic carbocycles. The second-order valence-corrected chi connectivity index (χ2v) is 5.03. The molecule has 1 unspecified atom stereocenters. The highest BCUT2D eigenvalue weighted by molar-refractivity contribution is 9.10. The van der Waals surface area contributed by atoms with E-state index in [-0.39, 0.29) is 5.78 Å². The van der Waals surface area contributed by atoms with Crippen molar-refractivity contribution in [1.82, 2.24) is 4.98 Å². The van der Waals surface area contributed by atoms with E-state index in [1.807, 2.05) is 19.1 Å². The molecule has 1 aromatic heterocycles. The lowest BCUT2D eigenvalue weighted by molar-refractivity contribution is 0.0978. The highest BCUT2D eigenvalue weighted by atomic mass is 79.9. The molecule has 0 aliphatic carbocycles. The molecule has 19 heavy (non-hydrogen) atoms. The molecule has 0 aliphatic rings. The number of nitriles is 1. The van der Waals surface area contributed by atoms with Crippen molar-refractivity contribution in [1.29, 1.82) is 5.26 Å². The Morgan fingerprint density at radius 1 is 1.42 bits per heavy atom. The minimum absolute atomic E-state index is 0.212. The molecule has 0 saturated heterocycles. The van der Waals surface area contributed by atoms with Crippen molar-refractivity contribution in [2.45, 2.75) is 12.8 Å². The van der Waals surface area contributed by atoms with Crippen molar-refractivity contribution >= 4 is 21.7 Å². The average molecular weight is 315 g/mol. The normalized spacial score (nSPS) is 11.6. The molecule has 0 radical (unpaired) electrons. The minimum atomic E-state index is -0.816. The molecule has 0 aliphatic heterocycles. The first-order valence-electron chi connectivity index (χ1n) is 5.73. The number of aryl methyl sites for hydroxylation is 1. The first-order valence-corrected chi connectivity index (χ1v) is 6.52. The summed E-state index contributed by atoms with van der Waals surface area (Å²) >= 11 is 3.39. The van der Waals surface area contributed by atoms with Gasteiger partial charge in [-0.2, -0.15) is 5.26 Å². The van der Waals surface area contributed by atoms with E-state index < -0.39 is 5.92 Å². The smallest absolute Gasteiger partial charge is 0.184 e. The van der Waals surface area contributed by atoms with Gasteiger partial charge < -0.3 is 0 Å². The molecule has 0 bridgehead atoms. The highest BCUT2D eigenvalue weighted by Gasteiger charge is 2.22. The van der Waals surface area contributed by atoms with Crippen LogP contribution in [0.15, 0.2) is 47.2 Å². The molecular weight excluding hydrogens is 304 g/mol. The SMILES string of the molecule is Cc1ccc(C(=O)C(C#N)c2cccnc2)cc1Br. The highest BCUT2D eigenvalue weighted by Crippen LogP contribution is 2.23. The number of carbonyl (C=O) groups is 1. The van der Waals surface area contributed by atoms with Crippen LogP contribution in [0.25, 0.3) is 0 Å². The van der Waals surface area contributed by atoms with E-state index in [0.717, 1.165) is 10.0 Å². The number of nitrogens with zero attached hydrogens (tertiary/aromatic N) is 2. The molecule has 4 heteroatoms. The van der Waals surface area contributed by atoms with Crippen LogP contribution in [0.3, 0.4) is 0 Å². The maximum absolute atomic E-state index is 12.4. The third kappa shape index (κ3) is 2.88. The molecule has 1 atom stereocenters. The molecule has 1 heterocycles. The van der Waals surface area contributed by atoms with Gasteiger partial charge in [-0.1, -0.05) is 34.1 Å². The number of ketones is 1. The van der Waals surface area contributed by atoms with Crippen molar-refractivity contribution < 1.29 is 4.79 Å². The second kappa shape index (κ2) is 5.77. The van der Waals surface area contributed by atoms with Crippen LogP contribution >= 0.6 is 15.9 Å². The lowest BCUT2D eigenvalue weighted by Gasteiger charge is -2.09. The Morgan fingerprint density at radius 2 is 2.21 bits per heavy atom. The van der Waals surface area contributed by atoms with Gasteiger partial charge in [0.15, 0.2) is 5.78 Å². The fourth-order valence-corrected chi connectivity index (χ4v) is 2.12. The summed E-state index contributed by atoms with van der Waals surface area (Å²) in [5.41, 5.74) is 2.19. The number of carbonyl (C=O) groups excluding carboxylic acids is 1. The molecule has 3 nitrogen and oxygen atoms in total. The van der Waals surface area contributed by atoms with Gasteiger partial charge in [-0.25, -0.2) is 0 Å². The van der Waals surface area contributed by atoms with Crippen molar-refractivity contribution in [3.8, 4) is 6.07 Å². The number of aromatic nitrogens is 1. The standard InChI is InChI=1S/C15H11BrN2O/c1-10-4-5-11(7-14(10)16)15(19)13(8-17)12-3-2-6-18-9-12/h2-7,9,13H,1H3. The first kappa shape index (κ1) is 13.4. The van der Waals surface area contributed by atoms with Gasteiger partial charge in [-0.05, 0) is 30.2 Å². The zero-order chi connectivity index (χ0) is 13.8. The average Bonchev–Trinajstić information content (AvgIpc) is 2.44. The topological polar surface area (TPSA) is 53.8 Å². The largest absolute Gasteiger partial charge is 0.292 e. The van der Waals surface area contributed by atoms with E-state index in [4.69, 9.17) is 0 Å². The minimum Gasteiger partial charge on any atom is -0.292 e. The van der Waals surface area contributed by atoms with E-state index >= 15 is 0 Å². The number of halogens is 1. The fourth-order valence-electron chi connectivity index (χ4n) is 1.74. The summed E-state index contributed by atoms with van der Waals surface area (Å²) in [6, 6.07) is 10.8. The summed E-state index contributed by atoms with van der Waals surface area (Å²) in [5, 5.41) is 9.22. The van der Waals surface area contributed by atoms with Crippen LogP contribution in [0, 0.1) is 18.3 Å². The van der Waals surface area contributed by atoms with Gasteiger partial charge in [0.2, 0.25) is 0 Å². The predicted octanol–water partition coefficient (Wildman–Crippen LogP) is 3.64. The Bertz CT molecular complexity index is 647. The number of hydrogen-bond acceptors (Lipinski definition) is 3. The van der Waals surface area contributed by atoms with Gasteiger partial charge >= 0.3 is 0 Å². The molecule has 2 aromatic rings. The van der Waals surface area contributed by atoms with Crippen molar-refractivity contribution in [3.63, 3.8) is 0 Å². The van der Waals surface area contributed by atoms with Gasteiger partial charge in [0.25, 0.3) is 0 Å². The molecule has 0 N–H and O–H groups in total. The van der Waals surface area contributed by atoms with Gasteiger partial charge in [-0.3, -0.25) is 9.78 Å². The van der Waals surface area contributed by atoms with E-state index in [0.29, 0.717) is 11.1 Å². The molecule has 94 valence electrons. The Hall–Kier alpha value is -1.99. The van der Waals surface area contributed by atoms with Crippen LogP contribution in [0.5, 0.6) is 0 Å². The van der Waals surface area contributed by atoms with Crippen LogP contribution < -0.4 is 0 Å². The van der Waals surface area contributed by atoms with Crippen molar-refractivity contribution in [2.24, 2.45) is 0 Å². The lowest BCUT2D eigenvalue weighted by atomic mass is 9.92. The summed E-state index contributed by atoms with van der Waals surface area (Å²) < 4.78 is 0.862. The van der Waals surface area contributed by atoms with Crippen molar-refractivity contribution in [2.75, 3.05) is 0 Å². The number of pyridine rings is 1. The molecule has 2 rings (SSSR count). The fraction of sp³-hybridized carbons (Fsp3) is 0.133. The third-order valence-corrected chi connectivity index (χ3v) is 3.72. The predicted molar refractivity (Wildman–Crippen MR) is 75.8 cm³/mol. The van der Waals surface area contributed by atoms with Gasteiger partial charge in [0.05, 0.1) is 6.07 Å². The van der Waals surface area contributed by atoms with E-state index in [2.05, 4.69) is 20.9 Å². The Morgan fingerprint density at radius 3 is 2.79 bits per heavy atom.